The van der Waals surface area contributed by atoms with Crippen molar-refractivity contribution < 1.29 is 4.74 Å². The minimum absolute atomic E-state index is 0.745. The Labute approximate surface area is 121 Å². The summed E-state index contributed by atoms with van der Waals surface area (Å²) in [6.07, 6.45) is 5.71. The first kappa shape index (κ1) is 14.5. The number of nitrogens with zero attached hydrogens (tertiary/aromatic N) is 1. The standard InChI is InChI=1S/C17H22N2O/c1-2-15-4-6-17(7-5-15)20-13-3-10-19-14-16-8-11-18-12-9-16/h4-9,11-12,19H,2-3,10,13-14H2,1H3. The zero-order valence-electron chi connectivity index (χ0n) is 12.0. The van der Waals surface area contributed by atoms with E-state index in [1.165, 1.54) is 11.1 Å². The van der Waals surface area contributed by atoms with Gasteiger partial charge in [0.2, 0.25) is 0 Å². The third kappa shape index (κ3) is 5.02. The second-order valence-electron chi connectivity index (χ2n) is 4.73. The van der Waals surface area contributed by atoms with Crippen LogP contribution in [-0.4, -0.2) is 18.1 Å². The molecule has 1 aromatic carbocycles. The number of ether oxygens (including phenoxy) is 1. The fourth-order valence-electron chi connectivity index (χ4n) is 1.94. The molecule has 0 aliphatic carbocycles. The summed E-state index contributed by atoms with van der Waals surface area (Å²) in [6.45, 7) is 4.74. The van der Waals surface area contributed by atoms with Gasteiger partial charge < -0.3 is 10.1 Å². The van der Waals surface area contributed by atoms with E-state index in [1.807, 2.05) is 36.7 Å². The zero-order chi connectivity index (χ0) is 14.0. The molecule has 3 heteroatoms. The van der Waals surface area contributed by atoms with Crippen LogP contribution in [0.25, 0.3) is 0 Å². The lowest BCUT2D eigenvalue weighted by Crippen LogP contribution is -2.17. The molecule has 0 atom stereocenters. The average molecular weight is 270 g/mol. The number of pyridine rings is 1. The second-order valence-corrected chi connectivity index (χ2v) is 4.73. The van der Waals surface area contributed by atoms with Crippen molar-refractivity contribution in [3.63, 3.8) is 0 Å². The number of nitrogens with one attached hydrogen (secondary N) is 1. The molecular formula is C17H22N2O. The van der Waals surface area contributed by atoms with Gasteiger partial charge in [0, 0.05) is 18.9 Å². The van der Waals surface area contributed by atoms with Crippen LogP contribution in [0.2, 0.25) is 0 Å². The maximum atomic E-state index is 5.71. The number of hydrogen-bond donors (Lipinski definition) is 1. The van der Waals surface area contributed by atoms with Gasteiger partial charge in [-0.3, -0.25) is 4.98 Å². The highest BCUT2D eigenvalue weighted by Crippen LogP contribution is 2.12. The Morgan fingerprint density at radius 2 is 1.75 bits per heavy atom. The maximum absolute atomic E-state index is 5.71. The van der Waals surface area contributed by atoms with Crippen LogP contribution in [0.3, 0.4) is 0 Å². The van der Waals surface area contributed by atoms with Crippen LogP contribution in [-0.2, 0) is 13.0 Å². The van der Waals surface area contributed by atoms with Crippen LogP contribution in [0.4, 0.5) is 0 Å². The van der Waals surface area contributed by atoms with Gasteiger partial charge in [0.05, 0.1) is 6.61 Å². The zero-order valence-corrected chi connectivity index (χ0v) is 12.0. The first-order valence-corrected chi connectivity index (χ1v) is 7.20. The number of benzene rings is 1. The van der Waals surface area contributed by atoms with Crippen LogP contribution in [0.5, 0.6) is 5.75 Å². The van der Waals surface area contributed by atoms with Crippen LogP contribution in [0, 0.1) is 0 Å². The lowest BCUT2D eigenvalue weighted by Gasteiger charge is -2.08. The monoisotopic (exact) mass is 270 g/mol. The molecule has 0 aliphatic rings. The van der Waals surface area contributed by atoms with Gasteiger partial charge in [-0.1, -0.05) is 19.1 Å². The number of hydrogen-bond acceptors (Lipinski definition) is 3. The van der Waals surface area contributed by atoms with Gasteiger partial charge in [-0.2, -0.15) is 0 Å². The molecule has 0 aliphatic heterocycles. The molecular weight excluding hydrogens is 248 g/mol. The molecule has 3 nitrogen and oxygen atoms in total. The van der Waals surface area contributed by atoms with E-state index < -0.39 is 0 Å². The van der Waals surface area contributed by atoms with Gasteiger partial charge in [0.25, 0.3) is 0 Å². The van der Waals surface area contributed by atoms with Crippen molar-refractivity contribution >= 4 is 0 Å². The molecule has 2 rings (SSSR count). The van der Waals surface area contributed by atoms with Crippen molar-refractivity contribution in [2.45, 2.75) is 26.3 Å². The van der Waals surface area contributed by atoms with Crippen molar-refractivity contribution in [1.29, 1.82) is 0 Å². The van der Waals surface area contributed by atoms with Crippen LogP contribution >= 0.6 is 0 Å². The highest BCUT2D eigenvalue weighted by Gasteiger charge is 1.95. The summed E-state index contributed by atoms with van der Waals surface area (Å²) in [5.74, 6) is 0.955. The smallest absolute Gasteiger partial charge is 0.119 e. The maximum Gasteiger partial charge on any atom is 0.119 e. The van der Waals surface area contributed by atoms with Crippen molar-refractivity contribution in [2.24, 2.45) is 0 Å². The fourth-order valence-corrected chi connectivity index (χ4v) is 1.94. The highest BCUT2D eigenvalue weighted by atomic mass is 16.5. The molecule has 0 fully saturated rings. The van der Waals surface area contributed by atoms with Crippen molar-refractivity contribution in [2.75, 3.05) is 13.2 Å². The summed E-state index contributed by atoms with van der Waals surface area (Å²) in [7, 11) is 0. The molecule has 0 spiro atoms. The van der Waals surface area contributed by atoms with Gasteiger partial charge in [0.1, 0.15) is 5.75 Å². The first-order valence-electron chi connectivity index (χ1n) is 7.20. The molecule has 1 aromatic heterocycles. The Bertz CT molecular complexity index is 482. The summed E-state index contributed by atoms with van der Waals surface area (Å²) >= 11 is 0. The van der Waals surface area contributed by atoms with Gasteiger partial charge >= 0.3 is 0 Å². The minimum atomic E-state index is 0.745. The Hall–Kier alpha value is -1.87. The van der Waals surface area contributed by atoms with Crippen molar-refractivity contribution in [1.82, 2.24) is 10.3 Å². The molecule has 0 unspecified atom stereocenters. The molecule has 0 radical (unpaired) electrons. The molecule has 0 bridgehead atoms. The normalized spacial score (nSPS) is 10.4. The van der Waals surface area contributed by atoms with Gasteiger partial charge in [-0.25, -0.2) is 0 Å². The molecule has 2 aromatic rings. The van der Waals surface area contributed by atoms with E-state index >= 15 is 0 Å². The Morgan fingerprint density at radius 1 is 1.00 bits per heavy atom. The molecule has 0 saturated carbocycles. The van der Waals surface area contributed by atoms with E-state index in [-0.39, 0.29) is 0 Å². The molecule has 1 heterocycles. The van der Waals surface area contributed by atoms with Crippen molar-refractivity contribution in [3.8, 4) is 5.75 Å². The van der Waals surface area contributed by atoms with Crippen LogP contribution in [0.1, 0.15) is 24.5 Å². The second kappa shape index (κ2) is 8.33. The topological polar surface area (TPSA) is 34.1 Å². The van der Waals surface area contributed by atoms with Gasteiger partial charge in [-0.15, -0.1) is 0 Å². The predicted octanol–water partition coefficient (Wildman–Crippen LogP) is 3.20. The summed E-state index contributed by atoms with van der Waals surface area (Å²) < 4.78 is 5.71. The van der Waals surface area contributed by atoms with E-state index in [9.17, 15) is 0 Å². The average Bonchev–Trinajstić information content (AvgIpc) is 2.52. The van der Waals surface area contributed by atoms with Crippen LogP contribution in [0.15, 0.2) is 48.8 Å². The van der Waals surface area contributed by atoms with E-state index in [1.54, 1.807) is 0 Å². The molecule has 0 saturated heterocycles. The predicted molar refractivity (Wildman–Crippen MR) is 81.9 cm³/mol. The van der Waals surface area contributed by atoms with E-state index in [0.717, 1.165) is 38.3 Å². The largest absolute Gasteiger partial charge is 0.494 e. The third-order valence-corrected chi connectivity index (χ3v) is 3.18. The fraction of sp³-hybridized carbons (Fsp3) is 0.353. The molecule has 20 heavy (non-hydrogen) atoms. The van der Waals surface area contributed by atoms with Gasteiger partial charge in [-0.05, 0) is 54.8 Å². The summed E-state index contributed by atoms with van der Waals surface area (Å²) in [6, 6.07) is 12.4. The molecule has 106 valence electrons. The van der Waals surface area contributed by atoms with E-state index in [4.69, 9.17) is 4.74 Å². The minimum Gasteiger partial charge on any atom is -0.494 e. The van der Waals surface area contributed by atoms with Crippen LogP contribution < -0.4 is 10.1 Å². The third-order valence-electron chi connectivity index (χ3n) is 3.18. The lowest BCUT2D eigenvalue weighted by molar-refractivity contribution is 0.308. The highest BCUT2D eigenvalue weighted by molar-refractivity contribution is 5.27. The summed E-state index contributed by atoms with van der Waals surface area (Å²) in [5, 5.41) is 3.40. The van der Waals surface area contributed by atoms with E-state index in [2.05, 4.69) is 29.4 Å². The number of rotatable bonds is 8. The first-order chi connectivity index (χ1) is 9.88. The molecule has 1 N–H and O–H groups in total. The summed E-state index contributed by atoms with van der Waals surface area (Å²) in [4.78, 5) is 4.00. The summed E-state index contributed by atoms with van der Waals surface area (Å²) in [5.41, 5.74) is 2.60. The van der Waals surface area contributed by atoms with Crippen molar-refractivity contribution in [3.05, 3.63) is 59.9 Å². The number of aryl methyl sites for hydroxylation is 1. The lowest BCUT2D eigenvalue weighted by atomic mass is 10.2. The Balaban J connectivity index is 1.57. The van der Waals surface area contributed by atoms with E-state index in [0.29, 0.717) is 0 Å². The van der Waals surface area contributed by atoms with Gasteiger partial charge in [0.15, 0.2) is 0 Å². The SMILES string of the molecule is CCc1ccc(OCCCNCc2ccncc2)cc1. The molecule has 0 amide bonds. The quantitative estimate of drug-likeness (QED) is 0.748. The number of aromatic nitrogens is 1. The Morgan fingerprint density at radius 3 is 2.45 bits per heavy atom. The Kier molecular flexibility index (Phi) is 6.06.